The van der Waals surface area contributed by atoms with Crippen molar-refractivity contribution in [3.8, 4) is 0 Å². The second kappa shape index (κ2) is 52.7. The lowest BCUT2D eigenvalue weighted by molar-refractivity contribution is -0.131. The maximum Gasteiger partial charge on any atom is 0.249 e. The topological polar surface area (TPSA) is 89.8 Å². The highest BCUT2D eigenvalue weighted by Gasteiger charge is 2.23. The van der Waals surface area contributed by atoms with Gasteiger partial charge in [0.25, 0.3) is 0 Å². The molecule has 370 valence electrons. The van der Waals surface area contributed by atoms with Crippen LogP contribution < -0.4 is 5.32 Å². The molecular formula is C57H113NO4. The molecule has 0 radical (unpaired) electrons. The molecule has 3 unspecified atom stereocenters. The highest BCUT2D eigenvalue weighted by Crippen LogP contribution is 2.18. The van der Waals surface area contributed by atoms with Gasteiger partial charge in [-0.05, 0) is 38.5 Å². The number of carbonyl (C=O) groups excluding carboxylic acids is 1. The third-order valence-electron chi connectivity index (χ3n) is 13.6. The first kappa shape index (κ1) is 61.1. The van der Waals surface area contributed by atoms with Gasteiger partial charge in [-0.15, -0.1) is 0 Å². The first-order chi connectivity index (χ1) is 30.6. The number of hydrogen-bond donors (Lipinski definition) is 4. The van der Waals surface area contributed by atoms with Gasteiger partial charge in [0.15, 0.2) is 0 Å². The minimum atomic E-state index is -1.07. The van der Waals surface area contributed by atoms with E-state index in [9.17, 15) is 20.1 Å². The first-order valence-electron chi connectivity index (χ1n) is 28.5. The second-order valence-corrected chi connectivity index (χ2v) is 19.9. The summed E-state index contributed by atoms with van der Waals surface area (Å²) in [7, 11) is 0. The molecule has 3 atom stereocenters. The number of rotatable bonds is 53. The molecule has 0 aromatic heterocycles. The van der Waals surface area contributed by atoms with Crippen LogP contribution in [0.5, 0.6) is 0 Å². The average Bonchev–Trinajstić information content (AvgIpc) is 3.28. The normalized spacial score (nSPS) is 13.3. The molecule has 62 heavy (non-hydrogen) atoms. The number of amides is 1. The molecule has 0 spiro atoms. The molecule has 1 amide bonds. The molecule has 5 heteroatoms. The van der Waals surface area contributed by atoms with Gasteiger partial charge < -0.3 is 20.6 Å². The average molecular weight is 877 g/mol. The van der Waals surface area contributed by atoms with Gasteiger partial charge in [0.2, 0.25) is 5.91 Å². The zero-order valence-corrected chi connectivity index (χ0v) is 42.3. The van der Waals surface area contributed by atoms with Crippen LogP contribution >= 0.6 is 0 Å². The molecule has 0 aromatic rings. The van der Waals surface area contributed by atoms with E-state index in [1.54, 1.807) is 0 Å². The van der Waals surface area contributed by atoms with Crippen LogP contribution in [0.4, 0.5) is 0 Å². The molecule has 4 N–H and O–H groups in total. The Morgan fingerprint density at radius 1 is 0.371 bits per heavy atom. The Labute approximate surface area is 389 Å². The van der Waals surface area contributed by atoms with E-state index in [0.29, 0.717) is 12.8 Å². The summed E-state index contributed by atoms with van der Waals surface area (Å²) in [4.78, 5) is 12.5. The minimum Gasteiger partial charge on any atom is -0.394 e. The fourth-order valence-corrected chi connectivity index (χ4v) is 9.19. The smallest absolute Gasteiger partial charge is 0.249 e. The lowest BCUT2D eigenvalue weighted by atomic mass is 10.0. The summed E-state index contributed by atoms with van der Waals surface area (Å²) in [6, 6.07) is -0.708. The highest BCUT2D eigenvalue weighted by molar-refractivity contribution is 5.80. The fourth-order valence-electron chi connectivity index (χ4n) is 9.19. The van der Waals surface area contributed by atoms with Crippen LogP contribution in [-0.2, 0) is 4.79 Å². The Morgan fingerprint density at radius 3 is 0.887 bits per heavy atom. The van der Waals surface area contributed by atoms with E-state index < -0.39 is 24.2 Å². The highest BCUT2D eigenvalue weighted by atomic mass is 16.3. The molecule has 0 heterocycles. The molecule has 0 aliphatic heterocycles. The summed E-state index contributed by atoms with van der Waals surface area (Å²) in [5, 5.41) is 33.4. The minimum absolute atomic E-state index is 0.310. The van der Waals surface area contributed by atoms with Gasteiger partial charge in [-0.1, -0.05) is 296 Å². The molecule has 0 aromatic carbocycles. The summed E-state index contributed by atoms with van der Waals surface area (Å²) < 4.78 is 0. The van der Waals surface area contributed by atoms with Gasteiger partial charge >= 0.3 is 0 Å². The molecule has 0 fully saturated rings. The lowest BCUT2D eigenvalue weighted by Crippen LogP contribution is -2.49. The number of aliphatic hydroxyl groups excluding tert-OH is 3. The SMILES string of the molecule is CCCCCCCCCCCCCCCCCC/C=C\CCCCCCCCCCCCCCCCCCC(O)C(=O)NC(CO)C(O)CCCCCCCCCCCCCC. The summed E-state index contributed by atoms with van der Waals surface area (Å²) in [5.41, 5.74) is 0. The van der Waals surface area contributed by atoms with Gasteiger partial charge in [-0.3, -0.25) is 4.79 Å². The van der Waals surface area contributed by atoms with Crippen molar-refractivity contribution in [3.63, 3.8) is 0 Å². The van der Waals surface area contributed by atoms with Gasteiger partial charge in [-0.2, -0.15) is 0 Å². The van der Waals surface area contributed by atoms with E-state index in [4.69, 9.17) is 0 Å². The van der Waals surface area contributed by atoms with E-state index in [1.807, 2.05) is 0 Å². The Morgan fingerprint density at radius 2 is 0.613 bits per heavy atom. The van der Waals surface area contributed by atoms with Crippen molar-refractivity contribution < 1.29 is 20.1 Å². The number of unbranched alkanes of at least 4 members (excludes halogenated alkanes) is 43. The maximum atomic E-state index is 12.5. The Hall–Kier alpha value is -0.910. The number of hydrogen-bond acceptors (Lipinski definition) is 4. The molecule has 0 bridgehead atoms. The molecule has 0 saturated carbocycles. The van der Waals surface area contributed by atoms with Crippen LogP contribution in [0, 0.1) is 0 Å². The lowest BCUT2D eigenvalue weighted by Gasteiger charge is -2.23. The zero-order valence-electron chi connectivity index (χ0n) is 42.3. The predicted molar refractivity (Wildman–Crippen MR) is 273 cm³/mol. The molecule has 0 rings (SSSR count). The van der Waals surface area contributed by atoms with Gasteiger partial charge in [0, 0.05) is 0 Å². The summed E-state index contributed by atoms with van der Waals surface area (Å²) >= 11 is 0. The number of aliphatic hydroxyl groups is 3. The van der Waals surface area contributed by atoms with E-state index in [0.717, 1.165) is 32.1 Å². The second-order valence-electron chi connectivity index (χ2n) is 19.9. The van der Waals surface area contributed by atoms with Crippen LogP contribution in [0.2, 0.25) is 0 Å². The van der Waals surface area contributed by atoms with Crippen molar-refractivity contribution in [1.29, 1.82) is 0 Å². The van der Waals surface area contributed by atoms with Crippen molar-refractivity contribution in [2.45, 2.75) is 340 Å². The summed E-state index contributed by atoms with van der Waals surface area (Å²) in [6.07, 6.45) is 65.7. The maximum absolute atomic E-state index is 12.5. The fraction of sp³-hybridized carbons (Fsp3) is 0.947. The third kappa shape index (κ3) is 47.1. The molecular weight excluding hydrogens is 763 g/mol. The van der Waals surface area contributed by atoms with Gasteiger partial charge in [0.05, 0.1) is 18.8 Å². The quantitative estimate of drug-likeness (QED) is 0.0362. The predicted octanol–water partition coefficient (Wildman–Crippen LogP) is 17.5. The van der Waals surface area contributed by atoms with Crippen molar-refractivity contribution >= 4 is 5.91 Å². The zero-order chi connectivity index (χ0) is 45.1. The van der Waals surface area contributed by atoms with Crippen LogP contribution in [0.25, 0.3) is 0 Å². The van der Waals surface area contributed by atoms with Crippen LogP contribution in [0.1, 0.15) is 322 Å². The van der Waals surface area contributed by atoms with Gasteiger partial charge in [-0.25, -0.2) is 0 Å². The molecule has 0 aliphatic carbocycles. The van der Waals surface area contributed by atoms with Crippen LogP contribution in [-0.4, -0.2) is 46.1 Å². The largest absolute Gasteiger partial charge is 0.394 e. The molecule has 5 nitrogen and oxygen atoms in total. The van der Waals surface area contributed by atoms with E-state index in [-0.39, 0.29) is 6.61 Å². The van der Waals surface area contributed by atoms with Crippen molar-refractivity contribution in [1.82, 2.24) is 5.32 Å². The summed E-state index contributed by atoms with van der Waals surface area (Å²) in [6.45, 7) is 4.25. The Bertz CT molecular complexity index is 879. The number of nitrogens with one attached hydrogen (secondary N) is 1. The Balaban J connectivity index is 3.42. The Kier molecular flexibility index (Phi) is 51.9. The number of carbonyl (C=O) groups is 1. The van der Waals surface area contributed by atoms with E-state index >= 15 is 0 Å². The standard InChI is InChI=1S/C57H113NO4/c1-3-5-7-9-11-13-15-17-18-19-20-21-22-23-24-25-26-27-28-29-30-31-32-33-34-35-36-37-38-39-40-42-44-46-48-50-52-56(61)57(62)58-54(53-59)55(60)51-49-47-45-43-41-16-14-12-10-8-6-4-2/h27-28,54-56,59-61H,3-26,29-53H2,1-2H3,(H,58,62)/b28-27-. The van der Waals surface area contributed by atoms with E-state index in [2.05, 4.69) is 31.3 Å². The molecule has 0 aliphatic rings. The van der Waals surface area contributed by atoms with Gasteiger partial charge in [0.1, 0.15) is 6.10 Å². The third-order valence-corrected chi connectivity index (χ3v) is 13.6. The van der Waals surface area contributed by atoms with Crippen molar-refractivity contribution in [2.24, 2.45) is 0 Å². The van der Waals surface area contributed by atoms with Crippen LogP contribution in [0.3, 0.4) is 0 Å². The van der Waals surface area contributed by atoms with Crippen molar-refractivity contribution in [2.75, 3.05) is 6.61 Å². The summed E-state index contributed by atoms with van der Waals surface area (Å²) in [5.74, 6) is -0.466. The van der Waals surface area contributed by atoms with E-state index in [1.165, 1.54) is 263 Å². The van der Waals surface area contributed by atoms with Crippen LogP contribution in [0.15, 0.2) is 12.2 Å². The number of allylic oxidation sites excluding steroid dienone is 2. The molecule has 0 saturated heterocycles. The van der Waals surface area contributed by atoms with Crippen molar-refractivity contribution in [3.05, 3.63) is 12.2 Å². The first-order valence-corrected chi connectivity index (χ1v) is 28.5. The monoisotopic (exact) mass is 876 g/mol.